The van der Waals surface area contributed by atoms with Crippen LogP contribution < -0.4 is 10.9 Å². The second-order valence-corrected chi connectivity index (χ2v) is 9.05. The third kappa shape index (κ3) is 6.54. The van der Waals surface area contributed by atoms with Crippen molar-refractivity contribution in [2.24, 2.45) is 10.2 Å². The number of piperidine rings is 2. The molecular weight excluding hydrogens is 464 g/mol. The number of thiocarbonyl (C=S) groups is 2. The first-order valence-electron chi connectivity index (χ1n) is 11.8. The van der Waals surface area contributed by atoms with Crippen LogP contribution in [0.4, 0.5) is 0 Å². The van der Waals surface area contributed by atoms with E-state index in [-0.39, 0.29) is 0 Å². The van der Waals surface area contributed by atoms with E-state index in [1.807, 2.05) is 36.4 Å². The second kappa shape index (κ2) is 12.5. The Morgan fingerprint density at radius 1 is 0.647 bits per heavy atom. The van der Waals surface area contributed by atoms with Crippen molar-refractivity contribution in [1.82, 2.24) is 30.6 Å². The number of aromatic nitrogens is 2. The number of hydrazone groups is 2. The monoisotopic (exact) mass is 494 g/mol. The number of pyridine rings is 2. The van der Waals surface area contributed by atoms with Gasteiger partial charge >= 0.3 is 0 Å². The zero-order chi connectivity index (χ0) is 23.6. The fraction of sp³-hybridized carbons (Fsp3) is 0.417. The Morgan fingerprint density at radius 3 is 1.41 bits per heavy atom. The van der Waals surface area contributed by atoms with Crippen molar-refractivity contribution >= 4 is 46.1 Å². The molecule has 2 aliphatic rings. The van der Waals surface area contributed by atoms with Crippen molar-refractivity contribution in [3.63, 3.8) is 0 Å². The van der Waals surface area contributed by atoms with Crippen LogP contribution in [0.2, 0.25) is 0 Å². The smallest absolute Gasteiger partial charge is 0.189 e. The molecule has 0 aromatic carbocycles. The van der Waals surface area contributed by atoms with Crippen LogP contribution in [0.3, 0.4) is 0 Å². The molecule has 0 bridgehead atoms. The molecule has 0 unspecified atom stereocenters. The van der Waals surface area contributed by atoms with Crippen LogP contribution >= 0.6 is 24.4 Å². The molecule has 2 aliphatic heterocycles. The molecule has 0 atom stereocenters. The molecule has 178 valence electrons. The number of hydrogen-bond donors (Lipinski definition) is 2. The molecule has 0 saturated carbocycles. The molecule has 0 radical (unpaired) electrons. The van der Waals surface area contributed by atoms with Crippen molar-refractivity contribution in [2.45, 2.75) is 38.5 Å². The Hall–Kier alpha value is -2.98. The number of likely N-dealkylation sites (tertiary alicyclic amines) is 2. The lowest BCUT2D eigenvalue weighted by atomic mass is 10.1. The van der Waals surface area contributed by atoms with Crippen molar-refractivity contribution < 1.29 is 0 Å². The molecule has 4 heterocycles. The largest absolute Gasteiger partial charge is 0.348 e. The average molecular weight is 495 g/mol. The van der Waals surface area contributed by atoms with Gasteiger partial charge in [0.1, 0.15) is 11.4 Å². The summed E-state index contributed by atoms with van der Waals surface area (Å²) in [5, 5.41) is 10.6. The molecule has 34 heavy (non-hydrogen) atoms. The minimum absolute atomic E-state index is 0.535. The third-order valence-corrected chi connectivity index (χ3v) is 6.55. The highest BCUT2D eigenvalue weighted by molar-refractivity contribution is 7.80. The molecule has 0 spiro atoms. The lowest BCUT2D eigenvalue weighted by Crippen LogP contribution is -2.42. The normalized spacial score (nSPS) is 17.3. The molecule has 2 saturated heterocycles. The molecule has 0 aliphatic carbocycles. The van der Waals surface area contributed by atoms with Gasteiger partial charge in [0.2, 0.25) is 0 Å². The van der Waals surface area contributed by atoms with E-state index in [9.17, 15) is 0 Å². The summed E-state index contributed by atoms with van der Waals surface area (Å²) in [6, 6.07) is 11.4. The van der Waals surface area contributed by atoms with Crippen molar-refractivity contribution in [3.05, 3.63) is 60.2 Å². The third-order valence-electron chi connectivity index (χ3n) is 5.85. The van der Waals surface area contributed by atoms with Gasteiger partial charge in [0.15, 0.2) is 10.2 Å². The molecule has 8 nitrogen and oxygen atoms in total. The van der Waals surface area contributed by atoms with Crippen molar-refractivity contribution in [2.75, 3.05) is 26.2 Å². The Morgan fingerprint density at radius 2 is 1.06 bits per heavy atom. The van der Waals surface area contributed by atoms with Crippen molar-refractivity contribution in [1.29, 1.82) is 0 Å². The Kier molecular flexibility index (Phi) is 8.86. The summed E-state index contributed by atoms with van der Waals surface area (Å²) in [6.45, 7) is 3.75. The van der Waals surface area contributed by atoms with Gasteiger partial charge < -0.3 is 9.80 Å². The first kappa shape index (κ1) is 24.2. The maximum absolute atomic E-state index is 5.63. The Balaban J connectivity index is 1.64. The van der Waals surface area contributed by atoms with Crippen molar-refractivity contribution in [3.8, 4) is 0 Å². The predicted octanol–water partition coefficient (Wildman–Crippen LogP) is 3.31. The molecule has 0 amide bonds. The van der Waals surface area contributed by atoms with Crippen LogP contribution in [0.5, 0.6) is 0 Å². The summed E-state index contributed by atoms with van der Waals surface area (Å²) >= 11 is 11.3. The standard InChI is InChI=1S/C24H30N8S2/c33-23(31-15-7-1-8-16-31)29-27-21(19-11-3-5-13-25-19)22(20-12-4-6-14-26-20)28-30-24(34)32-17-9-2-10-18-32/h3-6,11-14H,1-2,7-10,15-18H2,(H,29,33)(H,30,34). The van der Waals surface area contributed by atoms with E-state index in [4.69, 9.17) is 24.4 Å². The molecule has 2 N–H and O–H groups in total. The number of rotatable bonds is 5. The van der Waals surface area contributed by atoms with Crippen LogP contribution in [0.25, 0.3) is 0 Å². The van der Waals surface area contributed by atoms with Gasteiger partial charge in [-0.15, -0.1) is 0 Å². The van der Waals surface area contributed by atoms with E-state index in [0.29, 0.717) is 33.0 Å². The first-order chi connectivity index (χ1) is 16.7. The summed E-state index contributed by atoms with van der Waals surface area (Å²) < 4.78 is 0. The fourth-order valence-corrected chi connectivity index (χ4v) is 4.47. The zero-order valence-electron chi connectivity index (χ0n) is 19.2. The molecule has 4 rings (SSSR count). The summed E-state index contributed by atoms with van der Waals surface area (Å²) in [7, 11) is 0. The molecule has 2 aromatic rings. The van der Waals surface area contributed by atoms with Gasteiger partial charge in [-0.1, -0.05) is 12.1 Å². The maximum atomic E-state index is 5.63. The van der Waals surface area contributed by atoms with E-state index in [1.165, 1.54) is 12.8 Å². The minimum Gasteiger partial charge on any atom is -0.348 e. The van der Waals surface area contributed by atoms with Gasteiger partial charge in [-0.05, 0) is 87.2 Å². The topological polar surface area (TPSA) is 81.0 Å². The molecular formula is C24H30N8S2. The Bertz CT molecular complexity index is 930. The number of hydrogen-bond acceptors (Lipinski definition) is 6. The fourth-order valence-electron chi connectivity index (χ4n) is 4.01. The van der Waals surface area contributed by atoms with Gasteiger partial charge in [0.25, 0.3) is 0 Å². The van der Waals surface area contributed by atoms with Gasteiger partial charge in [0, 0.05) is 38.6 Å². The molecule has 2 fully saturated rings. The SMILES string of the molecule is S=C(NN=C(C(=NNC(=S)N1CCCCC1)c1ccccn1)c1ccccn1)N1CCCCC1. The van der Waals surface area contributed by atoms with Gasteiger partial charge in [-0.2, -0.15) is 10.2 Å². The van der Waals surface area contributed by atoms with Crippen LogP contribution in [0, 0.1) is 0 Å². The highest BCUT2D eigenvalue weighted by Crippen LogP contribution is 2.11. The summed E-state index contributed by atoms with van der Waals surface area (Å²) in [6.07, 6.45) is 10.5. The van der Waals surface area contributed by atoms with E-state index in [0.717, 1.165) is 51.9 Å². The highest BCUT2D eigenvalue weighted by atomic mass is 32.1. The number of nitrogens with one attached hydrogen (secondary N) is 2. The van der Waals surface area contributed by atoms with Gasteiger partial charge in [0.05, 0.1) is 11.4 Å². The van der Waals surface area contributed by atoms with Gasteiger partial charge in [-0.25, -0.2) is 0 Å². The van der Waals surface area contributed by atoms with Crippen LogP contribution in [-0.2, 0) is 0 Å². The number of nitrogens with zero attached hydrogens (tertiary/aromatic N) is 6. The zero-order valence-corrected chi connectivity index (χ0v) is 20.8. The Labute approximate surface area is 211 Å². The van der Waals surface area contributed by atoms with Crippen LogP contribution in [0.1, 0.15) is 49.9 Å². The van der Waals surface area contributed by atoms with Crippen LogP contribution in [-0.4, -0.2) is 67.6 Å². The summed E-state index contributed by atoms with van der Waals surface area (Å²) in [5.41, 5.74) is 8.54. The van der Waals surface area contributed by atoms with Crippen LogP contribution in [0.15, 0.2) is 59.0 Å². The predicted molar refractivity (Wildman–Crippen MR) is 144 cm³/mol. The summed E-state index contributed by atoms with van der Waals surface area (Å²) in [4.78, 5) is 13.4. The quantitative estimate of drug-likeness (QED) is 0.372. The first-order valence-corrected chi connectivity index (χ1v) is 12.6. The summed E-state index contributed by atoms with van der Waals surface area (Å²) in [5.74, 6) is 0. The lowest BCUT2D eigenvalue weighted by Gasteiger charge is -2.28. The molecule has 10 heteroatoms. The second-order valence-electron chi connectivity index (χ2n) is 8.28. The minimum atomic E-state index is 0.535. The highest BCUT2D eigenvalue weighted by Gasteiger charge is 2.20. The maximum Gasteiger partial charge on any atom is 0.189 e. The van der Waals surface area contributed by atoms with E-state index in [1.54, 1.807) is 12.4 Å². The lowest BCUT2D eigenvalue weighted by molar-refractivity contribution is 0.338. The van der Waals surface area contributed by atoms with Gasteiger partial charge in [-0.3, -0.25) is 20.8 Å². The molecule has 2 aromatic heterocycles. The van der Waals surface area contributed by atoms with E-state index < -0.39 is 0 Å². The van der Waals surface area contributed by atoms with E-state index in [2.05, 4.69) is 40.8 Å². The van der Waals surface area contributed by atoms with E-state index >= 15 is 0 Å². The average Bonchev–Trinajstić information content (AvgIpc) is 2.92.